The third-order valence-electron chi connectivity index (χ3n) is 4.57. The highest BCUT2D eigenvalue weighted by molar-refractivity contribution is 7.84. The fraction of sp³-hybridized carbons (Fsp3) is 0.947. The highest BCUT2D eigenvalue weighted by Gasteiger charge is 2.50. The molecule has 160 valence electrons. The van der Waals surface area contributed by atoms with Crippen molar-refractivity contribution in [3.63, 3.8) is 0 Å². The summed E-state index contributed by atoms with van der Waals surface area (Å²) in [6.07, 6.45) is -0.000868. The van der Waals surface area contributed by atoms with Crippen LogP contribution < -0.4 is 4.72 Å². The molecule has 0 unspecified atom stereocenters. The van der Waals surface area contributed by atoms with Gasteiger partial charge in [-0.05, 0) is 53.9 Å². The normalized spacial score (nSPS) is 20.8. The molecule has 8 heteroatoms. The smallest absolute Gasteiger partial charge is 0.405 e. The lowest BCUT2D eigenvalue weighted by atomic mass is 9.80. The van der Waals surface area contributed by atoms with E-state index < -0.39 is 45.4 Å². The summed E-state index contributed by atoms with van der Waals surface area (Å²) in [6, 6.07) is -2.20. The summed E-state index contributed by atoms with van der Waals surface area (Å²) in [4.78, 5) is 12.7. The van der Waals surface area contributed by atoms with Gasteiger partial charge in [0.2, 0.25) is 0 Å². The van der Waals surface area contributed by atoms with E-state index in [-0.39, 0.29) is 12.3 Å². The van der Waals surface area contributed by atoms with E-state index in [1.165, 1.54) is 0 Å². The molecule has 1 saturated carbocycles. The predicted molar refractivity (Wildman–Crippen MR) is 101 cm³/mol. The van der Waals surface area contributed by atoms with Gasteiger partial charge in [-0.1, -0.05) is 32.1 Å². The van der Waals surface area contributed by atoms with Crippen LogP contribution in [0.3, 0.4) is 0 Å². The summed E-state index contributed by atoms with van der Waals surface area (Å²) in [6.45, 7) is 9.66. The van der Waals surface area contributed by atoms with Crippen LogP contribution in [-0.2, 0) is 20.5 Å². The molecule has 0 amide bonds. The quantitative estimate of drug-likeness (QED) is 0.630. The maximum absolute atomic E-state index is 13.9. The van der Waals surface area contributed by atoms with Crippen molar-refractivity contribution in [3.8, 4) is 0 Å². The van der Waals surface area contributed by atoms with E-state index in [0.29, 0.717) is 0 Å². The molecule has 4 nitrogen and oxygen atoms in total. The minimum absolute atomic E-state index is 0.0472. The van der Waals surface area contributed by atoms with E-state index in [0.717, 1.165) is 32.1 Å². The average Bonchev–Trinajstić information content (AvgIpc) is 2.47. The monoisotopic (exact) mass is 413 g/mol. The molecule has 0 heterocycles. The van der Waals surface area contributed by atoms with Crippen molar-refractivity contribution in [1.82, 2.24) is 4.72 Å². The number of rotatable bonds is 6. The summed E-state index contributed by atoms with van der Waals surface area (Å²) >= 11 is 0. The fourth-order valence-electron chi connectivity index (χ4n) is 3.20. The van der Waals surface area contributed by atoms with Crippen molar-refractivity contribution in [2.75, 3.05) is 0 Å². The maximum Gasteiger partial charge on any atom is 0.405 e. The predicted octanol–water partition coefficient (Wildman–Crippen LogP) is 4.90. The van der Waals surface area contributed by atoms with Crippen LogP contribution in [0.15, 0.2) is 0 Å². The highest BCUT2D eigenvalue weighted by atomic mass is 32.2. The lowest BCUT2D eigenvalue weighted by Crippen LogP contribution is -2.54. The first-order valence-electron chi connectivity index (χ1n) is 9.59. The molecule has 1 aliphatic carbocycles. The highest BCUT2D eigenvalue weighted by Crippen LogP contribution is 2.36. The third-order valence-corrected chi connectivity index (χ3v) is 6.15. The third kappa shape index (κ3) is 8.50. The second-order valence-corrected chi connectivity index (χ2v) is 11.4. The van der Waals surface area contributed by atoms with Gasteiger partial charge in [0, 0.05) is 0 Å². The molecule has 1 rings (SSSR count). The van der Waals surface area contributed by atoms with Gasteiger partial charge in [-0.15, -0.1) is 0 Å². The van der Waals surface area contributed by atoms with Gasteiger partial charge in [0.1, 0.15) is 11.6 Å². The first kappa shape index (κ1) is 24.4. The average molecular weight is 414 g/mol. The second kappa shape index (κ2) is 9.25. The molecular weight excluding hydrogens is 379 g/mol. The van der Waals surface area contributed by atoms with Crippen molar-refractivity contribution in [3.05, 3.63) is 0 Å². The van der Waals surface area contributed by atoms with Gasteiger partial charge in [-0.25, -0.2) is 8.93 Å². The Bertz CT molecular complexity index is 518. The van der Waals surface area contributed by atoms with Crippen LogP contribution in [0.5, 0.6) is 0 Å². The van der Waals surface area contributed by atoms with E-state index >= 15 is 0 Å². The zero-order valence-electron chi connectivity index (χ0n) is 17.2. The maximum atomic E-state index is 13.9. The zero-order chi connectivity index (χ0) is 21.0. The topological polar surface area (TPSA) is 55.4 Å². The number of alkyl halides is 3. The summed E-state index contributed by atoms with van der Waals surface area (Å²) in [7, 11) is -1.96. The lowest BCUT2D eigenvalue weighted by Gasteiger charge is -2.34. The van der Waals surface area contributed by atoms with Gasteiger partial charge < -0.3 is 4.74 Å². The van der Waals surface area contributed by atoms with Crippen molar-refractivity contribution in [1.29, 1.82) is 0 Å². The fourth-order valence-corrected chi connectivity index (χ4v) is 4.08. The van der Waals surface area contributed by atoms with Crippen LogP contribution in [-0.4, -0.2) is 32.7 Å². The number of ether oxygens (including phenoxy) is 1. The molecule has 0 aromatic heterocycles. The zero-order valence-corrected chi connectivity index (χ0v) is 18.1. The molecule has 27 heavy (non-hydrogen) atoms. The van der Waals surface area contributed by atoms with Gasteiger partial charge in [0.15, 0.2) is 0 Å². The molecule has 0 radical (unpaired) electrons. The van der Waals surface area contributed by atoms with Crippen molar-refractivity contribution in [2.45, 2.75) is 103 Å². The first-order chi connectivity index (χ1) is 12.1. The molecule has 0 aliphatic heterocycles. The van der Waals surface area contributed by atoms with Crippen molar-refractivity contribution < 1.29 is 26.9 Å². The Hall–Kier alpha value is -0.630. The lowest BCUT2D eigenvalue weighted by molar-refractivity contribution is -0.186. The Morgan fingerprint density at radius 2 is 1.59 bits per heavy atom. The van der Waals surface area contributed by atoms with E-state index in [1.807, 2.05) is 0 Å². The molecule has 1 N–H and O–H groups in total. The van der Waals surface area contributed by atoms with Crippen LogP contribution in [0.4, 0.5) is 13.2 Å². The van der Waals surface area contributed by atoms with E-state index in [4.69, 9.17) is 4.74 Å². The Kier molecular flexibility index (Phi) is 8.36. The van der Waals surface area contributed by atoms with Crippen LogP contribution in [0.25, 0.3) is 0 Å². The van der Waals surface area contributed by atoms with Crippen LogP contribution in [0.2, 0.25) is 0 Å². The van der Waals surface area contributed by atoms with Crippen molar-refractivity contribution in [2.24, 2.45) is 11.8 Å². The van der Waals surface area contributed by atoms with E-state index in [1.54, 1.807) is 41.5 Å². The molecule has 0 saturated heterocycles. The van der Waals surface area contributed by atoms with E-state index in [9.17, 15) is 22.2 Å². The summed E-state index contributed by atoms with van der Waals surface area (Å²) < 4.78 is 60.6. The number of esters is 1. The van der Waals surface area contributed by atoms with Gasteiger partial charge in [-0.3, -0.25) is 4.79 Å². The minimum Gasteiger partial charge on any atom is -0.460 e. The van der Waals surface area contributed by atoms with Crippen LogP contribution >= 0.6 is 0 Å². The van der Waals surface area contributed by atoms with Gasteiger partial charge in [0.25, 0.3) is 0 Å². The molecular formula is C19H34F3NO3S. The molecule has 0 bridgehead atoms. The van der Waals surface area contributed by atoms with Crippen LogP contribution in [0.1, 0.15) is 80.1 Å². The Morgan fingerprint density at radius 3 is 2.00 bits per heavy atom. The van der Waals surface area contributed by atoms with Crippen molar-refractivity contribution >= 4 is 17.0 Å². The van der Waals surface area contributed by atoms with Gasteiger partial charge >= 0.3 is 12.1 Å². The molecule has 0 spiro atoms. The molecule has 3 atom stereocenters. The number of nitrogens with one attached hydrogen (secondary N) is 1. The number of hydrogen-bond donors (Lipinski definition) is 1. The summed E-state index contributed by atoms with van der Waals surface area (Å²) in [5.41, 5.74) is -0.888. The largest absolute Gasteiger partial charge is 0.460 e. The number of halogens is 3. The second-order valence-electron chi connectivity index (χ2n) is 9.40. The molecule has 0 aromatic rings. The Morgan fingerprint density at radius 1 is 1.07 bits per heavy atom. The Labute approximate surface area is 163 Å². The SMILES string of the molecule is CC(C)(C)OC(=O)[C@H](CC1CCCCC1)[C@@H](N[S@](=O)C(C)(C)C)C(F)(F)F. The number of carbonyl (C=O) groups excluding carboxylic acids is 1. The summed E-state index contributed by atoms with van der Waals surface area (Å²) in [5, 5.41) is 0. The van der Waals surface area contributed by atoms with Gasteiger partial charge in [-0.2, -0.15) is 13.2 Å². The minimum atomic E-state index is -4.71. The molecule has 1 aliphatic rings. The molecule has 1 fully saturated rings. The number of hydrogen-bond acceptors (Lipinski definition) is 3. The number of carbonyl (C=O) groups is 1. The Balaban J connectivity index is 3.14. The van der Waals surface area contributed by atoms with E-state index in [2.05, 4.69) is 4.72 Å². The standard InChI is InChI=1S/C19H34F3NO3S/c1-17(2,3)26-16(24)14(12-13-10-8-7-9-11-13)15(19(20,21)22)23-27(25)18(4,5)6/h13-15,23H,7-12H2,1-6H3/t14-,15-,27-/m1/s1. The summed E-state index contributed by atoms with van der Waals surface area (Å²) in [5.74, 6) is -2.25. The van der Waals surface area contributed by atoms with Crippen LogP contribution in [0, 0.1) is 11.8 Å². The first-order valence-corrected chi connectivity index (χ1v) is 10.7. The molecule has 0 aromatic carbocycles. The van der Waals surface area contributed by atoms with Gasteiger partial charge in [0.05, 0.1) is 21.7 Å².